The van der Waals surface area contributed by atoms with Gasteiger partial charge in [-0.15, -0.1) is 0 Å². The van der Waals surface area contributed by atoms with E-state index in [1.807, 2.05) is 12.3 Å². The van der Waals surface area contributed by atoms with Gasteiger partial charge in [-0.1, -0.05) is 83.1 Å². The average Bonchev–Trinajstić information content (AvgIpc) is 3.57. The van der Waals surface area contributed by atoms with Crippen molar-refractivity contribution in [2.75, 3.05) is 0 Å². The van der Waals surface area contributed by atoms with E-state index in [0.29, 0.717) is 5.92 Å². The highest BCUT2D eigenvalue weighted by Crippen LogP contribution is 2.36. The van der Waals surface area contributed by atoms with E-state index in [1.54, 1.807) is 0 Å². The summed E-state index contributed by atoms with van der Waals surface area (Å²) < 4.78 is 2.26. The lowest BCUT2D eigenvalue weighted by atomic mass is 9.89. The first kappa shape index (κ1) is 26.1. The molecule has 3 aromatic carbocycles. The van der Waals surface area contributed by atoms with Crippen LogP contribution in [-0.4, -0.2) is 24.7 Å². The van der Waals surface area contributed by atoms with Crippen molar-refractivity contribution in [3.63, 3.8) is 0 Å². The van der Waals surface area contributed by atoms with Crippen molar-refractivity contribution in [1.82, 2.24) is 24.7 Å². The monoisotopic (exact) mass is 549 g/mol. The Balaban J connectivity index is 1.41. The third kappa shape index (κ3) is 4.46. The number of hydrogen-bond acceptors (Lipinski definition) is 3. The van der Waals surface area contributed by atoms with Gasteiger partial charge < -0.3 is 0 Å². The van der Waals surface area contributed by atoms with Gasteiger partial charge >= 0.3 is 0 Å². The summed E-state index contributed by atoms with van der Waals surface area (Å²) in [5.74, 6) is 0.525. The molecule has 5 heteroatoms. The Morgan fingerprint density at radius 3 is 2.38 bits per heavy atom. The summed E-state index contributed by atoms with van der Waals surface area (Å²) in [6.45, 7) is 11.2. The van der Waals surface area contributed by atoms with Crippen molar-refractivity contribution in [1.29, 1.82) is 0 Å². The molecule has 0 bridgehead atoms. The van der Waals surface area contributed by atoms with E-state index in [-0.39, 0.29) is 5.41 Å². The lowest BCUT2D eigenvalue weighted by molar-refractivity contribution is 0.571. The number of fused-ring (bicyclic) bond motifs is 4. The van der Waals surface area contributed by atoms with Gasteiger partial charge in [-0.3, -0.25) is 9.67 Å². The number of rotatable bonds is 5. The molecule has 4 aromatic heterocycles. The number of H-pyrrole nitrogens is 1. The van der Waals surface area contributed by atoms with Crippen molar-refractivity contribution in [2.45, 2.75) is 46.5 Å². The van der Waals surface area contributed by atoms with E-state index in [2.05, 4.69) is 129 Å². The first-order chi connectivity index (χ1) is 20.3. The maximum absolute atomic E-state index is 5.27. The molecule has 0 aliphatic heterocycles. The topological polar surface area (TPSA) is 59.4 Å². The molecule has 7 aromatic rings. The molecule has 0 saturated heterocycles. The normalized spacial score (nSPS) is 12.2. The molecule has 208 valence electrons. The molecule has 0 radical (unpaired) electrons. The van der Waals surface area contributed by atoms with Crippen molar-refractivity contribution >= 4 is 32.8 Å². The Labute approximate surface area is 246 Å². The van der Waals surface area contributed by atoms with Crippen molar-refractivity contribution in [3.05, 3.63) is 108 Å². The lowest BCUT2D eigenvalue weighted by Gasteiger charge is -2.16. The van der Waals surface area contributed by atoms with E-state index in [1.165, 1.54) is 10.9 Å². The molecule has 0 saturated carbocycles. The third-order valence-electron chi connectivity index (χ3n) is 7.97. The highest BCUT2D eigenvalue weighted by Gasteiger charge is 2.22. The fourth-order valence-electron chi connectivity index (χ4n) is 6.14. The molecule has 42 heavy (non-hydrogen) atoms. The molecule has 5 nitrogen and oxygen atoms in total. The number of benzene rings is 3. The minimum atomic E-state index is -0.0342. The van der Waals surface area contributed by atoms with Crippen LogP contribution in [0.1, 0.15) is 45.9 Å². The summed E-state index contributed by atoms with van der Waals surface area (Å²) in [6.07, 6.45) is 2.84. The summed E-state index contributed by atoms with van der Waals surface area (Å²) in [7, 11) is 0. The minimum Gasteiger partial charge on any atom is -0.294 e. The van der Waals surface area contributed by atoms with Crippen LogP contribution in [0, 0.1) is 5.92 Å². The number of para-hydroxylation sites is 2. The van der Waals surface area contributed by atoms with Crippen molar-refractivity contribution in [3.8, 4) is 28.2 Å². The van der Waals surface area contributed by atoms with Crippen LogP contribution in [0.3, 0.4) is 0 Å². The standard InChI is InChI=1S/C37H35N5/c1-23(2)19-24-20-31(39-32(21-24)29-14-9-15-30-34(29)40-41-35(30)37(3,4)5)25-11-8-12-26(22-25)42-33-17-7-6-13-27(33)28-16-10-18-38-36(28)42/h6-18,20-23H,19H2,1-5H3,(H,40,41). The van der Waals surface area contributed by atoms with Gasteiger partial charge in [0.25, 0.3) is 0 Å². The second-order valence-electron chi connectivity index (χ2n) is 12.7. The maximum atomic E-state index is 5.27. The molecule has 0 unspecified atom stereocenters. The fourth-order valence-corrected chi connectivity index (χ4v) is 6.14. The van der Waals surface area contributed by atoms with Gasteiger partial charge in [0.05, 0.1) is 16.9 Å². The third-order valence-corrected chi connectivity index (χ3v) is 7.97. The van der Waals surface area contributed by atoms with Gasteiger partial charge in [-0.25, -0.2) is 9.97 Å². The summed E-state index contributed by atoms with van der Waals surface area (Å²) in [6, 6.07) is 32.2. The predicted octanol–water partition coefficient (Wildman–Crippen LogP) is 9.28. The van der Waals surface area contributed by atoms with E-state index in [0.717, 1.165) is 67.8 Å². The summed E-state index contributed by atoms with van der Waals surface area (Å²) >= 11 is 0. The van der Waals surface area contributed by atoms with Crippen LogP contribution in [0.15, 0.2) is 97.2 Å². The molecule has 0 amide bonds. The van der Waals surface area contributed by atoms with E-state index >= 15 is 0 Å². The van der Waals surface area contributed by atoms with Gasteiger partial charge in [-0.2, -0.15) is 5.10 Å². The Bertz CT molecular complexity index is 2030. The van der Waals surface area contributed by atoms with Crippen LogP contribution in [0.5, 0.6) is 0 Å². The summed E-state index contributed by atoms with van der Waals surface area (Å²) in [4.78, 5) is 10.1. The highest BCUT2D eigenvalue weighted by atomic mass is 15.1. The van der Waals surface area contributed by atoms with E-state index in [4.69, 9.17) is 15.1 Å². The molecule has 0 aliphatic rings. The zero-order chi connectivity index (χ0) is 29.0. The van der Waals surface area contributed by atoms with Crippen LogP contribution >= 0.6 is 0 Å². The SMILES string of the molecule is CC(C)Cc1cc(-c2cccc(-n3c4ccccc4c4cccnc43)c2)nc(-c2cccc3c(C(C)(C)C)[nH]nc23)c1. The van der Waals surface area contributed by atoms with Crippen molar-refractivity contribution < 1.29 is 0 Å². The van der Waals surface area contributed by atoms with Gasteiger partial charge in [0, 0.05) is 50.3 Å². The molecule has 7 rings (SSSR count). The largest absolute Gasteiger partial charge is 0.294 e. The van der Waals surface area contributed by atoms with Gasteiger partial charge in [-0.05, 0) is 60.4 Å². The van der Waals surface area contributed by atoms with Crippen LogP contribution in [-0.2, 0) is 11.8 Å². The minimum absolute atomic E-state index is 0.0342. The van der Waals surface area contributed by atoms with Crippen LogP contribution in [0.4, 0.5) is 0 Å². The van der Waals surface area contributed by atoms with Crippen LogP contribution < -0.4 is 0 Å². The highest BCUT2D eigenvalue weighted by molar-refractivity contribution is 6.07. The van der Waals surface area contributed by atoms with Crippen LogP contribution in [0.25, 0.3) is 61.0 Å². The quantitative estimate of drug-likeness (QED) is 0.233. The number of aromatic nitrogens is 5. The second-order valence-corrected chi connectivity index (χ2v) is 12.7. The molecule has 0 fully saturated rings. The van der Waals surface area contributed by atoms with Crippen molar-refractivity contribution in [2.24, 2.45) is 5.92 Å². The zero-order valence-electron chi connectivity index (χ0n) is 24.8. The first-order valence-corrected chi connectivity index (χ1v) is 14.7. The molecular weight excluding hydrogens is 514 g/mol. The number of aromatic amines is 1. The second kappa shape index (κ2) is 9.95. The molecular formula is C37H35N5. The average molecular weight is 550 g/mol. The van der Waals surface area contributed by atoms with E-state index < -0.39 is 0 Å². The number of pyridine rings is 2. The molecule has 0 spiro atoms. The fraction of sp³-hybridized carbons (Fsp3) is 0.216. The molecule has 0 aliphatic carbocycles. The zero-order valence-corrected chi connectivity index (χ0v) is 24.8. The predicted molar refractivity (Wildman–Crippen MR) is 174 cm³/mol. The molecule has 1 N–H and O–H groups in total. The van der Waals surface area contributed by atoms with Gasteiger partial charge in [0.2, 0.25) is 0 Å². The first-order valence-electron chi connectivity index (χ1n) is 14.7. The number of nitrogens with one attached hydrogen (secondary N) is 1. The smallest absolute Gasteiger partial charge is 0.145 e. The van der Waals surface area contributed by atoms with E-state index in [9.17, 15) is 0 Å². The molecule has 4 heterocycles. The Hall–Kier alpha value is -4.77. The van der Waals surface area contributed by atoms with Gasteiger partial charge in [0.15, 0.2) is 0 Å². The molecule has 0 atom stereocenters. The maximum Gasteiger partial charge on any atom is 0.145 e. The summed E-state index contributed by atoms with van der Waals surface area (Å²) in [5.41, 5.74) is 10.6. The Kier molecular flexibility index (Phi) is 6.19. The van der Waals surface area contributed by atoms with Gasteiger partial charge in [0.1, 0.15) is 11.2 Å². The number of hydrogen-bond donors (Lipinski definition) is 1. The Morgan fingerprint density at radius 1 is 0.786 bits per heavy atom. The summed E-state index contributed by atoms with van der Waals surface area (Å²) in [5, 5.41) is 11.6. The number of nitrogens with zero attached hydrogens (tertiary/aromatic N) is 4. The Morgan fingerprint density at radius 2 is 1.55 bits per heavy atom. The lowest BCUT2D eigenvalue weighted by Crippen LogP contribution is -2.11. The van der Waals surface area contributed by atoms with Crippen LogP contribution in [0.2, 0.25) is 0 Å².